The number of amides is 1. The lowest BCUT2D eigenvalue weighted by Gasteiger charge is -2.25. The highest BCUT2D eigenvalue weighted by Gasteiger charge is 2.33. The highest BCUT2D eigenvalue weighted by Crippen LogP contribution is 2.04. The van der Waals surface area contributed by atoms with Gasteiger partial charge in [0.1, 0.15) is 0 Å². The van der Waals surface area contributed by atoms with Crippen molar-refractivity contribution in [3.05, 3.63) is 0 Å². The molecule has 100 valence electrons. The van der Waals surface area contributed by atoms with Gasteiger partial charge < -0.3 is 19.8 Å². The van der Waals surface area contributed by atoms with Gasteiger partial charge in [-0.1, -0.05) is 13.8 Å². The van der Waals surface area contributed by atoms with E-state index in [1.54, 1.807) is 0 Å². The van der Waals surface area contributed by atoms with Crippen LogP contribution >= 0.6 is 0 Å². The van der Waals surface area contributed by atoms with E-state index in [1.165, 1.54) is 4.90 Å². The fourth-order valence-electron chi connectivity index (χ4n) is 1.44. The summed E-state index contributed by atoms with van der Waals surface area (Å²) in [5, 5.41) is 18.9. The zero-order chi connectivity index (χ0) is 13.4. The molecule has 0 aliphatic heterocycles. The molecule has 2 N–H and O–H groups in total. The van der Waals surface area contributed by atoms with Gasteiger partial charge in [0.2, 0.25) is 0 Å². The molecule has 0 aliphatic carbocycles. The number of esters is 1. The van der Waals surface area contributed by atoms with Crippen LogP contribution in [0.25, 0.3) is 0 Å². The molecule has 17 heavy (non-hydrogen) atoms. The first-order valence-electron chi connectivity index (χ1n) is 5.72. The zero-order valence-corrected chi connectivity index (χ0v) is 10.5. The second-order valence-corrected chi connectivity index (χ2v) is 3.74. The van der Waals surface area contributed by atoms with Crippen molar-refractivity contribution in [2.45, 2.75) is 38.9 Å². The minimum Gasteiger partial charge on any atom is -0.467 e. The van der Waals surface area contributed by atoms with Gasteiger partial charge in [0.25, 0.3) is 5.91 Å². The molecular formula is C11H21NO5. The molecule has 0 bridgehead atoms. The fraction of sp³-hybridized carbons (Fsp3) is 0.818. The molecule has 0 saturated heterocycles. The molecule has 0 aromatic carbocycles. The van der Waals surface area contributed by atoms with Crippen LogP contribution in [-0.4, -0.2) is 59.4 Å². The summed E-state index contributed by atoms with van der Waals surface area (Å²) in [6.07, 6.45) is -2.11. The molecular weight excluding hydrogens is 226 g/mol. The van der Waals surface area contributed by atoms with Gasteiger partial charge in [0.05, 0.1) is 7.11 Å². The summed E-state index contributed by atoms with van der Waals surface area (Å²) in [6.45, 7) is 4.77. The highest BCUT2D eigenvalue weighted by atomic mass is 16.5. The van der Waals surface area contributed by atoms with Crippen LogP contribution in [0.3, 0.4) is 0 Å². The number of aliphatic hydroxyl groups excluding tert-OH is 2. The number of rotatable bonds is 7. The van der Waals surface area contributed by atoms with Crippen LogP contribution < -0.4 is 0 Å². The Kier molecular flexibility index (Phi) is 7.49. The Hall–Kier alpha value is -1.14. The Labute approximate surface area is 101 Å². The topological polar surface area (TPSA) is 87.1 Å². The standard InChI is InChI=1S/C11H21NO5/c1-4-6-12(7-5-2)10(15)8(13)9(14)11(16)17-3/h8-9,13-14H,4-7H2,1-3H3/t8-,9+/m1/s1. The molecule has 0 radical (unpaired) electrons. The van der Waals surface area contributed by atoms with Gasteiger partial charge in [0, 0.05) is 13.1 Å². The van der Waals surface area contributed by atoms with Crippen LogP contribution in [0.2, 0.25) is 0 Å². The lowest BCUT2D eigenvalue weighted by atomic mass is 10.1. The SMILES string of the molecule is CCCN(CCC)C(=O)[C@H](O)[C@H](O)C(=O)OC. The third kappa shape index (κ3) is 4.70. The van der Waals surface area contributed by atoms with Gasteiger partial charge in [-0.2, -0.15) is 0 Å². The Morgan fingerprint density at radius 3 is 1.94 bits per heavy atom. The van der Waals surface area contributed by atoms with Crippen molar-refractivity contribution in [3.63, 3.8) is 0 Å². The number of nitrogens with zero attached hydrogens (tertiary/aromatic N) is 1. The van der Waals surface area contributed by atoms with Crippen molar-refractivity contribution in [2.75, 3.05) is 20.2 Å². The lowest BCUT2D eigenvalue weighted by molar-refractivity contribution is -0.164. The van der Waals surface area contributed by atoms with E-state index >= 15 is 0 Å². The van der Waals surface area contributed by atoms with Gasteiger partial charge in [-0.15, -0.1) is 0 Å². The molecule has 2 atom stereocenters. The molecule has 6 heteroatoms. The van der Waals surface area contributed by atoms with E-state index in [2.05, 4.69) is 4.74 Å². The summed E-state index contributed by atoms with van der Waals surface area (Å²) >= 11 is 0. The summed E-state index contributed by atoms with van der Waals surface area (Å²) < 4.78 is 4.26. The van der Waals surface area contributed by atoms with Crippen LogP contribution in [0.5, 0.6) is 0 Å². The first-order valence-corrected chi connectivity index (χ1v) is 5.72. The first kappa shape index (κ1) is 15.9. The largest absolute Gasteiger partial charge is 0.467 e. The predicted molar refractivity (Wildman–Crippen MR) is 61.2 cm³/mol. The van der Waals surface area contributed by atoms with Crippen molar-refractivity contribution in [1.29, 1.82) is 0 Å². The smallest absolute Gasteiger partial charge is 0.338 e. The molecule has 0 rings (SSSR count). The van der Waals surface area contributed by atoms with Gasteiger partial charge >= 0.3 is 5.97 Å². The van der Waals surface area contributed by atoms with Gasteiger partial charge in [-0.25, -0.2) is 4.79 Å². The number of hydrogen-bond donors (Lipinski definition) is 2. The minimum absolute atomic E-state index is 0.484. The molecule has 6 nitrogen and oxygen atoms in total. The second kappa shape index (κ2) is 8.03. The Morgan fingerprint density at radius 2 is 1.59 bits per heavy atom. The molecule has 1 amide bonds. The van der Waals surface area contributed by atoms with Gasteiger partial charge in [-0.3, -0.25) is 4.79 Å². The number of aliphatic hydroxyl groups is 2. The summed E-state index contributed by atoms with van der Waals surface area (Å²) in [5.41, 5.74) is 0. The molecule has 0 aliphatic rings. The molecule has 0 spiro atoms. The number of methoxy groups -OCH3 is 1. The average molecular weight is 247 g/mol. The van der Waals surface area contributed by atoms with Crippen molar-refractivity contribution < 1.29 is 24.5 Å². The average Bonchev–Trinajstić information content (AvgIpc) is 2.34. The van der Waals surface area contributed by atoms with Crippen molar-refractivity contribution in [2.24, 2.45) is 0 Å². The van der Waals surface area contributed by atoms with Gasteiger partial charge in [-0.05, 0) is 12.8 Å². The number of hydrogen-bond acceptors (Lipinski definition) is 5. The maximum atomic E-state index is 11.8. The predicted octanol–water partition coefficient (Wildman–Crippen LogP) is -0.470. The number of carbonyl (C=O) groups is 2. The Balaban J connectivity index is 4.58. The second-order valence-electron chi connectivity index (χ2n) is 3.74. The molecule has 0 fully saturated rings. The lowest BCUT2D eigenvalue weighted by Crippen LogP contribution is -2.48. The zero-order valence-electron chi connectivity index (χ0n) is 10.5. The summed E-state index contributed by atoms with van der Waals surface area (Å²) in [4.78, 5) is 24.2. The van der Waals surface area contributed by atoms with E-state index in [9.17, 15) is 19.8 Å². The van der Waals surface area contributed by atoms with E-state index in [4.69, 9.17) is 0 Å². The van der Waals surface area contributed by atoms with Crippen LogP contribution in [0.4, 0.5) is 0 Å². The maximum absolute atomic E-state index is 11.8. The molecule has 0 aromatic rings. The molecule has 0 heterocycles. The highest BCUT2D eigenvalue weighted by molar-refractivity contribution is 5.88. The quantitative estimate of drug-likeness (QED) is 0.594. The summed E-state index contributed by atoms with van der Waals surface area (Å²) in [7, 11) is 1.08. The van der Waals surface area contributed by atoms with Crippen molar-refractivity contribution in [1.82, 2.24) is 4.90 Å². The van der Waals surface area contributed by atoms with Crippen molar-refractivity contribution in [3.8, 4) is 0 Å². The van der Waals surface area contributed by atoms with E-state index in [-0.39, 0.29) is 0 Å². The van der Waals surface area contributed by atoms with Crippen LogP contribution in [-0.2, 0) is 14.3 Å². The molecule has 0 unspecified atom stereocenters. The van der Waals surface area contributed by atoms with Gasteiger partial charge in [0.15, 0.2) is 12.2 Å². The normalized spacial score (nSPS) is 13.9. The summed E-state index contributed by atoms with van der Waals surface area (Å²) in [5.74, 6) is -1.66. The molecule has 0 aromatic heterocycles. The number of ether oxygens (including phenoxy) is 1. The van der Waals surface area contributed by atoms with Crippen LogP contribution in [0.1, 0.15) is 26.7 Å². The van der Waals surface area contributed by atoms with E-state index in [0.29, 0.717) is 13.1 Å². The third-order valence-electron chi connectivity index (χ3n) is 2.29. The Bertz CT molecular complexity index is 250. The monoisotopic (exact) mass is 247 g/mol. The molecule has 0 saturated carbocycles. The number of carbonyl (C=O) groups excluding carboxylic acids is 2. The third-order valence-corrected chi connectivity index (χ3v) is 2.29. The first-order chi connectivity index (χ1) is 7.99. The summed E-state index contributed by atoms with van der Waals surface area (Å²) in [6, 6.07) is 0. The van der Waals surface area contributed by atoms with Crippen molar-refractivity contribution >= 4 is 11.9 Å². The fourth-order valence-corrected chi connectivity index (χ4v) is 1.44. The van der Waals surface area contributed by atoms with Crippen LogP contribution in [0.15, 0.2) is 0 Å². The Morgan fingerprint density at radius 1 is 1.12 bits per heavy atom. The van der Waals surface area contributed by atoms with E-state index in [1.807, 2.05) is 13.8 Å². The van der Waals surface area contributed by atoms with E-state index in [0.717, 1.165) is 20.0 Å². The minimum atomic E-state index is -1.83. The van der Waals surface area contributed by atoms with E-state index < -0.39 is 24.1 Å². The van der Waals surface area contributed by atoms with Crippen LogP contribution in [0, 0.1) is 0 Å². The maximum Gasteiger partial charge on any atom is 0.338 e.